The van der Waals surface area contributed by atoms with Crippen LogP contribution in [0.15, 0.2) is 10.5 Å². The number of nitrogens with zero attached hydrogens (tertiary/aromatic N) is 1. The monoisotopic (exact) mass is 300 g/mol. The number of sulfone groups is 1. The third-order valence-electron chi connectivity index (χ3n) is 3.59. The largest absolute Gasteiger partial charge is 0.465 e. The van der Waals surface area contributed by atoms with Gasteiger partial charge in [-0.25, -0.2) is 8.42 Å². The van der Waals surface area contributed by atoms with Crippen LogP contribution in [-0.2, 0) is 22.9 Å². The Morgan fingerprint density at radius 1 is 1.35 bits per heavy atom. The van der Waals surface area contributed by atoms with Crippen LogP contribution >= 0.6 is 0 Å². The molecule has 0 aliphatic carbocycles. The van der Waals surface area contributed by atoms with Crippen LogP contribution < -0.4 is 5.32 Å². The van der Waals surface area contributed by atoms with Gasteiger partial charge in [0.2, 0.25) is 0 Å². The van der Waals surface area contributed by atoms with E-state index in [4.69, 9.17) is 4.42 Å². The smallest absolute Gasteiger partial charge is 0.152 e. The van der Waals surface area contributed by atoms with E-state index in [1.54, 1.807) is 0 Å². The fourth-order valence-electron chi connectivity index (χ4n) is 2.28. The maximum atomic E-state index is 11.4. The predicted molar refractivity (Wildman–Crippen MR) is 79.4 cm³/mol. The predicted octanol–water partition coefficient (Wildman–Crippen LogP) is 1.32. The molecule has 0 atom stereocenters. The molecule has 1 saturated heterocycles. The maximum absolute atomic E-state index is 11.4. The Morgan fingerprint density at radius 2 is 2.00 bits per heavy atom. The molecule has 1 aliphatic heterocycles. The van der Waals surface area contributed by atoms with Crippen LogP contribution in [0.4, 0.5) is 0 Å². The van der Waals surface area contributed by atoms with Crippen molar-refractivity contribution in [3.8, 4) is 0 Å². The summed E-state index contributed by atoms with van der Waals surface area (Å²) in [5, 5.41) is 3.38. The lowest BCUT2D eigenvalue weighted by atomic mass is 10.2. The highest BCUT2D eigenvalue weighted by Crippen LogP contribution is 2.17. The minimum absolute atomic E-state index is 0.258. The van der Waals surface area contributed by atoms with Crippen molar-refractivity contribution in [2.45, 2.75) is 39.9 Å². The Labute approximate surface area is 121 Å². The number of furan rings is 1. The van der Waals surface area contributed by atoms with Crippen molar-refractivity contribution in [1.82, 2.24) is 10.2 Å². The maximum Gasteiger partial charge on any atom is 0.152 e. The Bertz CT molecular complexity index is 535. The fourth-order valence-corrected chi connectivity index (χ4v) is 3.56. The van der Waals surface area contributed by atoms with Crippen LogP contribution in [0.2, 0.25) is 0 Å². The third kappa shape index (κ3) is 4.33. The normalized spacial score (nSPS) is 19.6. The second-order valence-corrected chi connectivity index (χ2v) is 8.06. The van der Waals surface area contributed by atoms with Crippen molar-refractivity contribution < 1.29 is 12.8 Å². The first-order valence-electron chi connectivity index (χ1n) is 7.10. The highest BCUT2D eigenvalue weighted by Gasteiger charge is 2.22. The van der Waals surface area contributed by atoms with Crippen LogP contribution in [0.3, 0.4) is 0 Å². The van der Waals surface area contributed by atoms with Gasteiger partial charge in [-0.15, -0.1) is 0 Å². The Kier molecular flexibility index (Phi) is 4.88. The molecule has 0 unspecified atom stereocenters. The van der Waals surface area contributed by atoms with Gasteiger partial charge in [-0.2, -0.15) is 0 Å². The van der Waals surface area contributed by atoms with E-state index in [1.807, 2.05) is 6.92 Å². The summed E-state index contributed by atoms with van der Waals surface area (Å²) in [5.41, 5.74) is 1.18. The number of rotatable bonds is 5. The first kappa shape index (κ1) is 15.5. The molecule has 1 aromatic heterocycles. The standard InChI is InChI=1S/C14H24N2O3S/c1-11(2)15-9-13-8-14(19-12(13)3)10-16-4-6-20(17,18)7-5-16/h8,11,15H,4-7,9-10H2,1-3H3. The molecule has 1 fully saturated rings. The summed E-state index contributed by atoms with van der Waals surface area (Å²) in [4.78, 5) is 2.14. The van der Waals surface area contributed by atoms with Gasteiger partial charge in [0.05, 0.1) is 18.1 Å². The van der Waals surface area contributed by atoms with Gasteiger partial charge in [0, 0.05) is 31.2 Å². The van der Waals surface area contributed by atoms with Gasteiger partial charge < -0.3 is 9.73 Å². The molecule has 1 aliphatic rings. The molecule has 0 spiro atoms. The molecule has 0 amide bonds. The fraction of sp³-hybridized carbons (Fsp3) is 0.714. The zero-order valence-electron chi connectivity index (χ0n) is 12.5. The van der Waals surface area contributed by atoms with Gasteiger partial charge in [-0.3, -0.25) is 4.90 Å². The van der Waals surface area contributed by atoms with Crippen LogP contribution in [0.5, 0.6) is 0 Å². The van der Waals surface area contributed by atoms with Gasteiger partial charge in [-0.1, -0.05) is 13.8 Å². The number of hydrogen-bond donors (Lipinski definition) is 1. The van der Waals surface area contributed by atoms with E-state index < -0.39 is 9.84 Å². The second kappa shape index (κ2) is 6.28. The molecular formula is C14H24N2O3S. The summed E-state index contributed by atoms with van der Waals surface area (Å²) in [5.74, 6) is 2.38. The van der Waals surface area contributed by atoms with E-state index in [-0.39, 0.29) is 11.5 Å². The summed E-state index contributed by atoms with van der Waals surface area (Å²) in [6.07, 6.45) is 0. The summed E-state index contributed by atoms with van der Waals surface area (Å²) < 4.78 is 28.6. The van der Waals surface area contributed by atoms with Crippen molar-refractivity contribution in [2.24, 2.45) is 0 Å². The van der Waals surface area contributed by atoms with E-state index in [1.165, 1.54) is 5.56 Å². The van der Waals surface area contributed by atoms with Gasteiger partial charge in [0.15, 0.2) is 9.84 Å². The van der Waals surface area contributed by atoms with Gasteiger partial charge in [0.1, 0.15) is 11.5 Å². The summed E-state index contributed by atoms with van der Waals surface area (Å²) in [7, 11) is -2.81. The van der Waals surface area contributed by atoms with Crippen molar-refractivity contribution in [3.05, 3.63) is 23.2 Å². The lowest BCUT2D eigenvalue weighted by Gasteiger charge is -2.25. The zero-order valence-corrected chi connectivity index (χ0v) is 13.3. The summed E-state index contributed by atoms with van der Waals surface area (Å²) >= 11 is 0. The minimum atomic E-state index is -2.81. The van der Waals surface area contributed by atoms with Crippen LogP contribution in [-0.4, -0.2) is 44.0 Å². The van der Waals surface area contributed by atoms with E-state index in [9.17, 15) is 8.42 Å². The van der Waals surface area contributed by atoms with Crippen LogP contribution in [0.1, 0.15) is 30.9 Å². The molecule has 20 heavy (non-hydrogen) atoms. The lowest BCUT2D eigenvalue weighted by molar-refractivity contribution is 0.260. The highest BCUT2D eigenvalue weighted by atomic mass is 32.2. The first-order valence-corrected chi connectivity index (χ1v) is 8.92. The lowest BCUT2D eigenvalue weighted by Crippen LogP contribution is -2.39. The molecule has 5 nitrogen and oxygen atoms in total. The number of nitrogens with one attached hydrogen (secondary N) is 1. The van der Waals surface area contributed by atoms with E-state index in [0.717, 1.165) is 18.1 Å². The molecular weight excluding hydrogens is 276 g/mol. The van der Waals surface area contributed by atoms with Crippen molar-refractivity contribution >= 4 is 9.84 Å². The Hall–Kier alpha value is -0.850. The molecule has 0 aromatic carbocycles. The van der Waals surface area contributed by atoms with Crippen LogP contribution in [0.25, 0.3) is 0 Å². The Morgan fingerprint density at radius 3 is 2.60 bits per heavy atom. The molecule has 2 rings (SSSR count). The molecule has 1 aromatic rings. The Balaban J connectivity index is 1.92. The molecule has 0 bridgehead atoms. The second-order valence-electron chi connectivity index (χ2n) is 5.76. The first-order chi connectivity index (χ1) is 9.35. The molecule has 6 heteroatoms. The van der Waals surface area contributed by atoms with Gasteiger partial charge >= 0.3 is 0 Å². The van der Waals surface area contributed by atoms with E-state index >= 15 is 0 Å². The quantitative estimate of drug-likeness (QED) is 0.888. The highest BCUT2D eigenvalue weighted by molar-refractivity contribution is 7.91. The molecule has 2 heterocycles. The van der Waals surface area contributed by atoms with Crippen LogP contribution in [0, 0.1) is 6.92 Å². The molecule has 0 radical (unpaired) electrons. The zero-order chi connectivity index (χ0) is 14.8. The molecule has 114 valence electrons. The van der Waals surface area contributed by atoms with E-state index in [0.29, 0.717) is 25.7 Å². The van der Waals surface area contributed by atoms with Crippen molar-refractivity contribution in [3.63, 3.8) is 0 Å². The molecule has 0 saturated carbocycles. The SMILES string of the molecule is Cc1oc(CN2CCS(=O)(=O)CC2)cc1CNC(C)C. The third-order valence-corrected chi connectivity index (χ3v) is 5.20. The average Bonchev–Trinajstić information content (AvgIpc) is 2.70. The van der Waals surface area contributed by atoms with Crippen molar-refractivity contribution in [1.29, 1.82) is 0 Å². The topological polar surface area (TPSA) is 62.6 Å². The van der Waals surface area contributed by atoms with Gasteiger partial charge in [-0.05, 0) is 13.0 Å². The number of aryl methyl sites for hydroxylation is 1. The average molecular weight is 300 g/mol. The minimum Gasteiger partial charge on any atom is -0.465 e. The summed E-state index contributed by atoms with van der Waals surface area (Å²) in [6.45, 7) is 8.90. The van der Waals surface area contributed by atoms with Gasteiger partial charge in [0.25, 0.3) is 0 Å². The molecule has 1 N–H and O–H groups in total. The van der Waals surface area contributed by atoms with Crippen molar-refractivity contribution in [2.75, 3.05) is 24.6 Å². The summed E-state index contributed by atoms with van der Waals surface area (Å²) in [6, 6.07) is 2.52. The van der Waals surface area contributed by atoms with E-state index in [2.05, 4.69) is 30.1 Å². The number of hydrogen-bond acceptors (Lipinski definition) is 5.